The number of imidazole rings is 1. The molecule has 1 aliphatic heterocycles. The molecule has 1 aliphatic rings. The molecule has 4 aromatic rings. The standard InChI is InChI=1S/C27H27N3O2/c1-19-3-7-21(8-4-19)26-27(22-13-15-28-16-14-22)30-23(9-12-25(30)29-26)18-32-17-20-5-10-24(31-2)11-6-20/h3-8,10-11,13-16,23H,9,12,17-18H2,1-2H3/t23-/m0/s1. The van der Waals surface area contributed by atoms with E-state index in [1.807, 2.05) is 36.7 Å². The minimum Gasteiger partial charge on any atom is -0.497 e. The lowest BCUT2D eigenvalue weighted by Gasteiger charge is -2.18. The van der Waals surface area contributed by atoms with Crippen LogP contribution in [0.1, 0.15) is 29.4 Å². The molecule has 0 amide bonds. The maximum atomic E-state index is 6.15. The highest BCUT2D eigenvalue weighted by Gasteiger charge is 2.30. The number of ether oxygens (including phenoxy) is 2. The maximum absolute atomic E-state index is 6.15. The summed E-state index contributed by atoms with van der Waals surface area (Å²) in [6, 6.07) is 21.0. The van der Waals surface area contributed by atoms with Gasteiger partial charge in [-0.25, -0.2) is 4.98 Å². The monoisotopic (exact) mass is 425 g/mol. The van der Waals surface area contributed by atoms with Gasteiger partial charge in [0.05, 0.1) is 37.8 Å². The van der Waals surface area contributed by atoms with Gasteiger partial charge < -0.3 is 14.0 Å². The van der Waals surface area contributed by atoms with Gasteiger partial charge >= 0.3 is 0 Å². The minimum atomic E-state index is 0.262. The molecule has 0 saturated carbocycles. The minimum absolute atomic E-state index is 0.262. The number of pyridine rings is 1. The van der Waals surface area contributed by atoms with Crippen molar-refractivity contribution < 1.29 is 9.47 Å². The summed E-state index contributed by atoms with van der Waals surface area (Å²) in [4.78, 5) is 9.29. The van der Waals surface area contributed by atoms with Crippen molar-refractivity contribution >= 4 is 0 Å². The van der Waals surface area contributed by atoms with Crippen LogP contribution in [-0.2, 0) is 17.8 Å². The molecular formula is C27H27N3O2. The first-order valence-corrected chi connectivity index (χ1v) is 11.0. The Hall–Kier alpha value is -3.44. The fourth-order valence-corrected chi connectivity index (χ4v) is 4.36. The fraction of sp³-hybridized carbons (Fsp3) is 0.259. The van der Waals surface area contributed by atoms with Crippen LogP contribution in [0.2, 0.25) is 0 Å². The average molecular weight is 426 g/mol. The van der Waals surface area contributed by atoms with Gasteiger partial charge in [-0.3, -0.25) is 4.98 Å². The number of aromatic nitrogens is 3. The third-order valence-electron chi connectivity index (χ3n) is 6.07. The summed E-state index contributed by atoms with van der Waals surface area (Å²) in [5, 5.41) is 0. The summed E-state index contributed by atoms with van der Waals surface area (Å²) in [6.07, 6.45) is 5.69. The summed E-state index contributed by atoms with van der Waals surface area (Å²) in [5.74, 6) is 1.99. The Morgan fingerprint density at radius 1 is 0.938 bits per heavy atom. The molecule has 0 saturated heterocycles. The number of hydrogen-bond acceptors (Lipinski definition) is 4. The van der Waals surface area contributed by atoms with Gasteiger partial charge in [-0.1, -0.05) is 42.0 Å². The molecule has 0 spiro atoms. The van der Waals surface area contributed by atoms with E-state index in [0.717, 1.165) is 52.5 Å². The van der Waals surface area contributed by atoms with E-state index in [1.165, 1.54) is 5.56 Å². The van der Waals surface area contributed by atoms with E-state index in [4.69, 9.17) is 14.5 Å². The first-order chi connectivity index (χ1) is 15.7. The van der Waals surface area contributed by atoms with Crippen molar-refractivity contribution in [1.29, 1.82) is 0 Å². The smallest absolute Gasteiger partial charge is 0.118 e. The number of fused-ring (bicyclic) bond motifs is 1. The predicted octanol–water partition coefficient (Wildman–Crippen LogP) is 5.63. The largest absolute Gasteiger partial charge is 0.497 e. The Balaban J connectivity index is 1.43. The predicted molar refractivity (Wildman–Crippen MR) is 126 cm³/mol. The average Bonchev–Trinajstić information content (AvgIpc) is 3.40. The first-order valence-electron chi connectivity index (χ1n) is 11.0. The van der Waals surface area contributed by atoms with E-state index in [1.54, 1.807) is 7.11 Å². The second-order valence-corrected chi connectivity index (χ2v) is 8.25. The summed E-state index contributed by atoms with van der Waals surface area (Å²) < 4.78 is 13.8. The Morgan fingerprint density at radius 3 is 2.41 bits per heavy atom. The van der Waals surface area contributed by atoms with Gasteiger partial charge in [-0.15, -0.1) is 0 Å². The Morgan fingerprint density at radius 2 is 1.69 bits per heavy atom. The van der Waals surface area contributed by atoms with Crippen LogP contribution in [0.3, 0.4) is 0 Å². The van der Waals surface area contributed by atoms with Crippen molar-refractivity contribution in [2.75, 3.05) is 13.7 Å². The summed E-state index contributed by atoms with van der Waals surface area (Å²) >= 11 is 0. The van der Waals surface area contributed by atoms with E-state index >= 15 is 0 Å². The number of rotatable bonds is 7. The molecule has 5 nitrogen and oxygen atoms in total. The van der Waals surface area contributed by atoms with Gasteiger partial charge in [-0.05, 0) is 43.2 Å². The van der Waals surface area contributed by atoms with Crippen LogP contribution in [-0.4, -0.2) is 28.3 Å². The Bertz CT molecular complexity index is 1180. The van der Waals surface area contributed by atoms with Gasteiger partial charge in [0.2, 0.25) is 0 Å². The second-order valence-electron chi connectivity index (χ2n) is 8.25. The molecule has 32 heavy (non-hydrogen) atoms. The number of aryl methyl sites for hydroxylation is 2. The summed E-state index contributed by atoms with van der Waals surface area (Å²) in [5.41, 5.74) is 6.85. The van der Waals surface area contributed by atoms with Crippen molar-refractivity contribution in [1.82, 2.24) is 14.5 Å². The van der Waals surface area contributed by atoms with E-state index in [0.29, 0.717) is 13.2 Å². The lowest BCUT2D eigenvalue weighted by Crippen LogP contribution is -2.13. The molecule has 5 heteroatoms. The van der Waals surface area contributed by atoms with Gasteiger partial charge in [0.15, 0.2) is 0 Å². The van der Waals surface area contributed by atoms with E-state index in [9.17, 15) is 0 Å². The highest BCUT2D eigenvalue weighted by atomic mass is 16.5. The van der Waals surface area contributed by atoms with Gasteiger partial charge in [0.25, 0.3) is 0 Å². The quantitative estimate of drug-likeness (QED) is 0.385. The number of methoxy groups -OCH3 is 1. The second kappa shape index (κ2) is 8.97. The molecule has 2 aromatic carbocycles. The third-order valence-corrected chi connectivity index (χ3v) is 6.07. The zero-order valence-corrected chi connectivity index (χ0v) is 18.5. The lowest BCUT2D eigenvalue weighted by atomic mass is 10.0. The molecular weight excluding hydrogens is 398 g/mol. The summed E-state index contributed by atoms with van der Waals surface area (Å²) in [7, 11) is 1.68. The van der Waals surface area contributed by atoms with E-state index in [-0.39, 0.29) is 6.04 Å². The Kier molecular flexibility index (Phi) is 5.73. The lowest BCUT2D eigenvalue weighted by molar-refractivity contribution is 0.0925. The zero-order valence-electron chi connectivity index (χ0n) is 18.5. The highest BCUT2D eigenvalue weighted by molar-refractivity contribution is 5.79. The van der Waals surface area contributed by atoms with Crippen molar-refractivity contribution in [2.45, 2.75) is 32.4 Å². The van der Waals surface area contributed by atoms with E-state index < -0.39 is 0 Å². The van der Waals surface area contributed by atoms with Crippen molar-refractivity contribution in [3.63, 3.8) is 0 Å². The first kappa shape index (κ1) is 20.5. The number of nitrogens with zero attached hydrogens (tertiary/aromatic N) is 3. The molecule has 0 bridgehead atoms. The van der Waals surface area contributed by atoms with Crippen LogP contribution >= 0.6 is 0 Å². The molecule has 3 heterocycles. The fourth-order valence-electron chi connectivity index (χ4n) is 4.36. The molecule has 5 rings (SSSR count). The van der Waals surface area contributed by atoms with Crippen LogP contribution in [0.5, 0.6) is 5.75 Å². The zero-order chi connectivity index (χ0) is 21.9. The van der Waals surface area contributed by atoms with Crippen LogP contribution in [0.25, 0.3) is 22.5 Å². The molecule has 0 fully saturated rings. The highest BCUT2D eigenvalue weighted by Crippen LogP contribution is 2.39. The third kappa shape index (κ3) is 4.04. The van der Waals surface area contributed by atoms with Crippen LogP contribution < -0.4 is 4.74 Å². The Labute approximate surface area is 188 Å². The van der Waals surface area contributed by atoms with Gasteiger partial charge in [0, 0.05) is 29.9 Å². The van der Waals surface area contributed by atoms with Crippen LogP contribution in [0.4, 0.5) is 0 Å². The number of benzene rings is 2. The molecule has 0 aliphatic carbocycles. The molecule has 162 valence electrons. The van der Waals surface area contributed by atoms with Gasteiger partial charge in [0.1, 0.15) is 11.6 Å². The topological polar surface area (TPSA) is 49.2 Å². The molecule has 0 unspecified atom stereocenters. The molecule has 0 radical (unpaired) electrons. The van der Waals surface area contributed by atoms with Crippen LogP contribution in [0.15, 0.2) is 73.1 Å². The normalized spacial score (nSPS) is 15.0. The molecule has 2 aromatic heterocycles. The van der Waals surface area contributed by atoms with Crippen LogP contribution in [0, 0.1) is 6.92 Å². The van der Waals surface area contributed by atoms with Crippen molar-refractivity contribution in [3.8, 4) is 28.3 Å². The molecule has 0 N–H and O–H groups in total. The van der Waals surface area contributed by atoms with Crippen molar-refractivity contribution in [3.05, 3.63) is 90.0 Å². The SMILES string of the molecule is COc1ccc(COC[C@@H]2CCc3nc(-c4ccc(C)cc4)c(-c4ccncc4)n32)cc1. The van der Waals surface area contributed by atoms with Gasteiger partial charge in [-0.2, -0.15) is 0 Å². The number of hydrogen-bond donors (Lipinski definition) is 0. The van der Waals surface area contributed by atoms with E-state index in [2.05, 4.69) is 52.9 Å². The summed E-state index contributed by atoms with van der Waals surface area (Å²) in [6.45, 7) is 3.34. The maximum Gasteiger partial charge on any atom is 0.118 e. The molecule has 1 atom stereocenters. The van der Waals surface area contributed by atoms with Crippen molar-refractivity contribution in [2.24, 2.45) is 0 Å².